The normalized spacial score (nSPS) is 14.4. The number of hydrogen-bond donors (Lipinski definition) is 0. The molecule has 0 aliphatic rings. The highest BCUT2D eigenvalue weighted by molar-refractivity contribution is 9.39. The van der Waals surface area contributed by atoms with Gasteiger partial charge in [-0.05, 0) is 0 Å². The first kappa shape index (κ1) is 12.3. The number of rotatable bonds is 1. The average Bonchev–Trinajstić information content (AvgIpc) is 1.62. The molecule has 0 aliphatic heterocycles. The van der Waals surface area contributed by atoms with Crippen molar-refractivity contribution in [2.45, 2.75) is 11.8 Å². The van der Waals surface area contributed by atoms with E-state index in [2.05, 4.69) is 79.6 Å². The minimum atomic E-state index is -2.98. The van der Waals surface area contributed by atoms with Crippen LogP contribution in [0.1, 0.15) is 0 Å². The van der Waals surface area contributed by atoms with Gasteiger partial charge in [-0.15, -0.1) is 0 Å². The molecular weight excluding hydrogens is 474 g/mol. The maximum atomic E-state index is 12.8. The van der Waals surface area contributed by atoms with Crippen molar-refractivity contribution in [1.29, 1.82) is 0 Å². The van der Waals surface area contributed by atoms with Crippen LogP contribution in [0.4, 0.5) is 8.78 Å². The zero-order valence-corrected chi connectivity index (χ0v) is 12.2. The predicted octanol–water partition coefficient (Wildman–Crippen LogP) is 4.58. The van der Waals surface area contributed by atoms with Gasteiger partial charge in [-0.2, -0.15) is 0 Å². The van der Waals surface area contributed by atoms with Crippen molar-refractivity contribution < 1.29 is 8.78 Å². The molecule has 0 atom stereocenters. The lowest BCUT2D eigenvalue weighted by Crippen LogP contribution is -2.37. The number of alkyl halides is 7. The maximum Gasteiger partial charge on any atom is 0.304 e. The molecule has 0 nitrogen and oxygen atoms in total. The summed E-state index contributed by atoms with van der Waals surface area (Å²) in [6, 6.07) is 0. The van der Waals surface area contributed by atoms with Crippen LogP contribution in [-0.4, -0.2) is 11.8 Å². The molecule has 0 saturated carbocycles. The Kier molecular flexibility index (Phi) is 4.88. The summed E-state index contributed by atoms with van der Waals surface area (Å²) in [4.78, 5) is 0. The van der Waals surface area contributed by atoms with E-state index in [1.54, 1.807) is 0 Å². The SMILES string of the molecule is FC(F)(C(Br)Br)C(Br)(Br)Br. The molecule has 7 heteroatoms. The largest absolute Gasteiger partial charge is 0.304 e. The fourth-order valence-corrected chi connectivity index (χ4v) is 3.34. The van der Waals surface area contributed by atoms with Gasteiger partial charge >= 0.3 is 5.92 Å². The summed E-state index contributed by atoms with van der Waals surface area (Å²) in [7, 11) is 0. The molecule has 0 aromatic rings. The molecule has 0 fully saturated rings. The molecule has 0 spiro atoms. The Hall–Kier alpha value is 2.26. The summed E-state index contributed by atoms with van der Waals surface area (Å²) in [6.07, 6.45) is 0. The monoisotopic (exact) mass is 470 g/mol. The first-order chi connectivity index (χ1) is 4.19. The molecule has 0 aromatic carbocycles. The zero-order chi connectivity index (χ0) is 8.58. The highest BCUT2D eigenvalue weighted by Gasteiger charge is 2.53. The van der Waals surface area contributed by atoms with Crippen LogP contribution < -0.4 is 0 Å². The third kappa shape index (κ3) is 2.95. The van der Waals surface area contributed by atoms with Crippen LogP contribution in [0, 0.1) is 0 Å². The van der Waals surface area contributed by atoms with Crippen LogP contribution in [-0.2, 0) is 0 Å². The highest BCUT2D eigenvalue weighted by atomic mass is 80.0. The van der Waals surface area contributed by atoms with Crippen LogP contribution in [0.5, 0.6) is 0 Å². The predicted molar refractivity (Wildman–Crippen MR) is 56.1 cm³/mol. The van der Waals surface area contributed by atoms with Crippen molar-refractivity contribution in [3.05, 3.63) is 0 Å². The fourth-order valence-electron chi connectivity index (χ4n) is 0.124. The Balaban J connectivity index is 4.40. The van der Waals surface area contributed by atoms with Crippen molar-refractivity contribution >= 4 is 79.6 Å². The molecule has 0 amide bonds. The van der Waals surface area contributed by atoms with Crippen molar-refractivity contribution in [3.63, 3.8) is 0 Å². The van der Waals surface area contributed by atoms with Gasteiger partial charge in [0.05, 0.1) is 0 Å². The molecule has 0 radical (unpaired) electrons. The van der Waals surface area contributed by atoms with E-state index in [4.69, 9.17) is 0 Å². The van der Waals surface area contributed by atoms with Gasteiger partial charge < -0.3 is 0 Å². The fraction of sp³-hybridized carbons (Fsp3) is 1.00. The minimum Gasteiger partial charge on any atom is -0.201 e. The van der Waals surface area contributed by atoms with Crippen molar-refractivity contribution in [2.75, 3.05) is 0 Å². The van der Waals surface area contributed by atoms with Gasteiger partial charge in [0.15, 0.2) is 2.14 Å². The van der Waals surface area contributed by atoms with Gasteiger partial charge in [0.2, 0.25) is 0 Å². The second-order valence-electron chi connectivity index (χ2n) is 1.42. The van der Waals surface area contributed by atoms with Gasteiger partial charge in [0.25, 0.3) is 0 Å². The summed E-state index contributed by atoms with van der Waals surface area (Å²) >= 11 is 13.6. The quantitative estimate of drug-likeness (QED) is 0.489. The summed E-state index contributed by atoms with van der Waals surface area (Å²) < 4.78 is 23.0. The summed E-state index contributed by atoms with van der Waals surface area (Å²) in [5.41, 5.74) is 0. The Morgan fingerprint density at radius 3 is 1.30 bits per heavy atom. The lowest BCUT2D eigenvalue weighted by Gasteiger charge is -2.26. The Labute approximate surface area is 99.1 Å². The summed E-state index contributed by atoms with van der Waals surface area (Å²) in [5, 5.41) is 0. The standard InChI is InChI=1S/C3HBr5F2/c4-1(5)2(9,10)3(6,7)8/h1H. The molecule has 0 aromatic heterocycles. The minimum absolute atomic E-state index is 1.09. The van der Waals surface area contributed by atoms with Crippen molar-refractivity contribution in [2.24, 2.45) is 0 Å². The van der Waals surface area contributed by atoms with Gasteiger partial charge in [-0.25, -0.2) is 8.78 Å². The molecule has 0 saturated heterocycles. The van der Waals surface area contributed by atoms with Gasteiger partial charge in [-0.3, -0.25) is 0 Å². The highest BCUT2D eigenvalue weighted by Crippen LogP contribution is 2.52. The van der Waals surface area contributed by atoms with E-state index >= 15 is 0 Å². The number of hydrogen-bond acceptors (Lipinski definition) is 0. The molecule has 0 aliphatic carbocycles. The second kappa shape index (κ2) is 3.98. The molecule has 0 rings (SSSR count). The third-order valence-electron chi connectivity index (χ3n) is 0.652. The maximum absolute atomic E-state index is 12.8. The van der Waals surface area contributed by atoms with Crippen LogP contribution in [0.2, 0.25) is 0 Å². The van der Waals surface area contributed by atoms with Crippen LogP contribution in [0.15, 0.2) is 0 Å². The smallest absolute Gasteiger partial charge is 0.201 e. The molecule has 0 bridgehead atoms. The van der Waals surface area contributed by atoms with E-state index in [9.17, 15) is 8.78 Å². The molecule has 62 valence electrons. The van der Waals surface area contributed by atoms with E-state index in [1.165, 1.54) is 0 Å². The van der Waals surface area contributed by atoms with Crippen molar-refractivity contribution in [3.8, 4) is 0 Å². The molecule has 0 unspecified atom stereocenters. The Morgan fingerprint density at radius 2 is 1.30 bits per heavy atom. The topological polar surface area (TPSA) is 0 Å². The van der Waals surface area contributed by atoms with Crippen molar-refractivity contribution in [1.82, 2.24) is 0 Å². The zero-order valence-electron chi connectivity index (χ0n) is 4.22. The first-order valence-corrected chi connectivity index (χ1v) is 6.13. The van der Waals surface area contributed by atoms with E-state index in [1.807, 2.05) is 0 Å². The van der Waals surface area contributed by atoms with Gasteiger partial charge in [0, 0.05) is 0 Å². The molecule has 10 heavy (non-hydrogen) atoms. The summed E-state index contributed by atoms with van der Waals surface area (Å²) in [6.45, 7) is 0. The van der Waals surface area contributed by atoms with Crippen LogP contribution in [0.3, 0.4) is 0 Å². The summed E-state index contributed by atoms with van der Waals surface area (Å²) in [5.74, 6) is -2.98. The van der Waals surface area contributed by atoms with E-state index in [-0.39, 0.29) is 0 Å². The lowest BCUT2D eigenvalue weighted by molar-refractivity contribution is 0.0376. The van der Waals surface area contributed by atoms with E-state index < -0.39 is 11.8 Å². The Morgan fingerprint density at radius 1 is 1.00 bits per heavy atom. The van der Waals surface area contributed by atoms with Gasteiger partial charge in [0.1, 0.15) is 3.74 Å². The lowest BCUT2D eigenvalue weighted by atomic mass is 10.5. The van der Waals surface area contributed by atoms with Crippen LogP contribution in [0.25, 0.3) is 0 Å². The average molecular weight is 475 g/mol. The molecule has 0 N–H and O–H groups in total. The first-order valence-electron chi connectivity index (χ1n) is 1.92. The van der Waals surface area contributed by atoms with E-state index in [0.717, 1.165) is 0 Å². The molecular formula is C3HBr5F2. The Bertz CT molecular complexity index is 117. The van der Waals surface area contributed by atoms with Crippen LogP contribution >= 0.6 is 79.6 Å². The second-order valence-corrected chi connectivity index (χ2v) is 11.2. The van der Waals surface area contributed by atoms with Gasteiger partial charge in [-0.1, -0.05) is 79.6 Å². The third-order valence-corrected chi connectivity index (χ3v) is 3.39. The number of halogens is 7. The van der Waals surface area contributed by atoms with E-state index in [0.29, 0.717) is 0 Å². The molecule has 0 heterocycles.